The smallest absolute Gasteiger partial charge is 0.197 e. The highest BCUT2D eigenvalue weighted by Gasteiger charge is 2.23. The lowest BCUT2D eigenvalue weighted by Crippen LogP contribution is -2.04. The minimum Gasteiger partial charge on any atom is -0.370 e. The number of ether oxygens (including phenoxy) is 1. The Kier molecular flexibility index (Phi) is 2.85. The SMILES string of the molecule is Fc1c(Cl)nc(C2CCCO2)nc1Cl. The van der Waals surface area contributed by atoms with E-state index in [1.165, 1.54) is 0 Å². The predicted molar refractivity (Wildman–Crippen MR) is 49.9 cm³/mol. The van der Waals surface area contributed by atoms with Gasteiger partial charge in [-0.3, -0.25) is 0 Å². The Hall–Kier alpha value is -0.450. The monoisotopic (exact) mass is 236 g/mol. The molecule has 1 unspecified atom stereocenters. The molecule has 0 N–H and O–H groups in total. The van der Waals surface area contributed by atoms with Crippen LogP contribution in [0.5, 0.6) is 0 Å². The summed E-state index contributed by atoms with van der Waals surface area (Å²) in [5.41, 5.74) is 0. The van der Waals surface area contributed by atoms with Crippen LogP contribution in [-0.4, -0.2) is 16.6 Å². The number of hydrogen-bond acceptors (Lipinski definition) is 3. The molecule has 14 heavy (non-hydrogen) atoms. The van der Waals surface area contributed by atoms with Gasteiger partial charge in [-0.1, -0.05) is 23.2 Å². The maximum absolute atomic E-state index is 13.0. The van der Waals surface area contributed by atoms with E-state index in [-0.39, 0.29) is 16.4 Å². The first-order valence-electron chi connectivity index (χ1n) is 4.18. The third-order valence-corrected chi connectivity index (χ3v) is 2.51. The van der Waals surface area contributed by atoms with Crippen molar-refractivity contribution in [3.63, 3.8) is 0 Å². The molecule has 2 heterocycles. The molecule has 0 saturated carbocycles. The molecular weight excluding hydrogens is 230 g/mol. The quantitative estimate of drug-likeness (QED) is 0.704. The van der Waals surface area contributed by atoms with Crippen molar-refractivity contribution in [2.24, 2.45) is 0 Å². The van der Waals surface area contributed by atoms with Gasteiger partial charge in [0.05, 0.1) is 0 Å². The van der Waals surface area contributed by atoms with E-state index < -0.39 is 5.82 Å². The third-order valence-electron chi connectivity index (χ3n) is 2.01. The van der Waals surface area contributed by atoms with Gasteiger partial charge in [0.15, 0.2) is 21.9 Å². The van der Waals surface area contributed by atoms with Gasteiger partial charge in [-0.05, 0) is 12.8 Å². The van der Waals surface area contributed by atoms with Gasteiger partial charge in [0.25, 0.3) is 0 Å². The summed E-state index contributed by atoms with van der Waals surface area (Å²) in [6.45, 7) is 0.667. The number of nitrogens with zero attached hydrogens (tertiary/aromatic N) is 2. The summed E-state index contributed by atoms with van der Waals surface area (Å²) in [6.07, 6.45) is 1.56. The molecule has 1 fully saturated rings. The van der Waals surface area contributed by atoms with Crippen LogP contribution < -0.4 is 0 Å². The Morgan fingerprint density at radius 2 is 1.93 bits per heavy atom. The maximum atomic E-state index is 13.0. The van der Waals surface area contributed by atoms with Crippen LogP contribution in [0, 0.1) is 5.82 Å². The Balaban J connectivity index is 2.34. The highest BCUT2D eigenvalue weighted by atomic mass is 35.5. The molecule has 6 heteroatoms. The van der Waals surface area contributed by atoms with Crippen LogP contribution >= 0.6 is 23.2 Å². The predicted octanol–water partition coefficient (Wildman–Crippen LogP) is 2.77. The number of hydrogen-bond donors (Lipinski definition) is 0. The lowest BCUT2D eigenvalue weighted by Gasteiger charge is -2.08. The molecule has 1 atom stereocenters. The molecule has 0 bridgehead atoms. The third kappa shape index (κ3) is 1.82. The van der Waals surface area contributed by atoms with E-state index in [0.717, 1.165) is 12.8 Å². The van der Waals surface area contributed by atoms with Crippen molar-refractivity contribution in [1.29, 1.82) is 0 Å². The standard InChI is InChI=1S/C8H7Cl2FN2O/c9-6-5(11)7(10)13-8(12-6)4-2-1-3-14-4/h4H,1-3H2. The first kappa shape index (κ1) is 10.1. The fraction of sp³-hybridized carbons (Fsp3) is 0.500. The summed E-state index contributed by atoms with van der Waals surface area (Å²) in [7, 11) is 0. The summed E-state index contributed by atoms with van der Waals surface area (Å²) in [6, 6.07) is 0. The Morgan fingerprint density at radius 3 is 2.43 bits per heavy atom. The van der Waals surface area contributed by atoms with Crippen molar-refractivity contribution >= 4 is 23.2 Å². The van der Waals surface area contributed by atoms with Crippen molar-refractivity contribution < 1.29 is 9.13 Å². The molecule has 1 aromatic rings. The van der Waals surface area contributed by atoms with Crippen LogP contribution in [0.4, 0.5) is 4.39 Å². The Bertz CT molecular complexity index is 332. The highest BCUT2D eigenvalue weighted by molar-refractivity contribution is 6.33. The van der Waals surface area contributed by atoms with Gasteiger partial charge in [0.1, 0.15) is 6.10 Å². The molecule has 0 aliphatic carbocycles. The van der Waals surface area contributed by atoms with Crippen LogP contribution in [0.3, 0.4) is 0 Å². The fourth-order valence-corrected chi connectivity index (χ4v) is 1.74. The first-order chi connectivity index (χ1) is 6.68. The molecular formula is C8H7Cl2FN2O. The average Bonchev–Trinajstić information content (AvgIpc) is 2.66. The summed E-state index contributed by atoms with van der Waals surface area (Å²) in [4.78, 5) is 7.57. The fourth-order valence-electron chi connectivity index (χ4n) is 1.33. The Morgan fingerprint density at radius 1 is 1.29 bits per heavy atom. The molecule has 3 nitrogen and oxygen atoms in total. The second-order valence-electron chi connectivity index (χ2n) is 2.98. The summed E-state index contributed by atoms with van der Waals surface area (Å²) in [5.74, 6) is -0.422. The maximum Gasteiger partial charge on any atom is 0.197 e. The van der Waals surface area contributed by atoms with E-state index in [1.54, 1.807) is 0 Å². The number of halogens is 3. The van der Waals surface area contributed by atoms with Crippen LogP contribution in [0.25, 0.3) is 0 Å². The molecule has 0 radical (unpaired) electrons. The van der Waals surface area contributed by atoms with E-state index in [2.05, 4.69) is 9.97 Å². The first-order valence-corrected chi connectivity index (χ1v) is 4.94. The largest absolute Gasteiger partial charge is 0.370 e. The van der Waals surface area contributed by atoms with Crippen molar-refractivity contribution in [3.8, 4) is 0 Å². The molecule has 0 aromatic carbocycles. The van der Waals surface area contributed by atoms with Crippen LogP contribution in [0.15, 0.2) is 0 Å². The van der Waals surface area contributed by atoms with E-state index in [0.29, 0.717) is 12.4 Å². The average molecular weight is 237 g/mol. The Labute approximate surface area is 90.2 Å². The van der Waals surface area contributed by atoms with Gasteiger partial charge in [0.2, 0.25) is 0 Å². The zero-order valence-electron chi connectivity index (χ0n) is 7.14. The summed E-state index contributed by atoms with van der Waals surface area (Å²) < 4.78 is 18.3. The van der Waals surface area contributed by atoms with Crippen LogP contribution in [0.2, 0.25) is 10.3 Å². The molecule has 0 amide bonds. The van der Waals surface area contributed by atoms with Gasteiger partial charge in [-0.25, -0.2) is 14.4 Å². The highest BCUT2D eigenvalue weighted by Crippen LogP contribution is 2.29. The molecule has 2 rings (SSSR count). The normalized spacial score (nSPS) is 21.5. The molecule has 1 aromatic heterocycles. The van der Waals surface area contributed by atoms with Gasteiger partial charge < -0.3 is 4.74 Å². The van der Waals surface area contributed by atoms with E-state index in [1.807, 2.05) is 0 Å². The second kappa shape index (κ2) is 3.96. The van der Waals surface area contributed by atoms with E-state index in [4.69, 9.17) is 27.9 Å². The minimum atomic E-state index is -0.782. The number of rotatable bonds is 1. The van der Waals surface area contributed by atoms with Gasteiger partial charge in [-0.2, -0.15) is 0 Å². The van der Waals surface area contributed by atoms with Gasteiger partial charge in [-0.15, -0.1) is 0 Å². The lowest BCUT2D eigenvalue weighted by molar-refractivity contribution is 0.105. The molecule has 1 saturated heterocycles. The lowest BCUT2D eigenvalue weighted by atomic mass is 10.2. The van der Waals surface area contributed by atoms with Crippen LogP contribution in [0.1, 0.15) is 24.8 Å². The van der Waals surface area contributed by atoms with Gasteiger partial charge >= 0.3 is 0 Å². The molecule has 0 spiro atoms. The summed E-state index contributed by atoms with van der Waals surface area (Å²) >= 11 is 11.1. The van der Waals surface area contributed by atoms with Crippen LogP contribution in [-0.2, 0) is 4.74 Å². The molecule has 1 aliphatic heterocycles. The van der Waals surface area contributed by atoms with Crippen molar-refractivity contribution in [3.05, 3.63) is 21.9 Å². The van der Waals surface area contributed by atoms with Crippen molar-refractivity contribution in [2.45, 2.75) is 18.9 Å². The van der Waals surface area contributed by atoms with Gasteiger partial charge in [0, 0.05) is 6.61 Å². The minimum absolute atomic E-state index is 0.203. The van der Waals surface area contributed by atoms with E-state index in [9.17, 15) is 4.39 Å². The summed E-state index contributed by atoms with van der Waals surface area (Å²) in [5, 5.41) is -0.508. The second-order valence-corrected chi connectivity index (χ2v) is 3.70. The zero-order valence-corrected chi connectivity index (χ0v) is 8.65. The van der Waals surface area contributed by atoms with Crippen molar-refractivity contribution in [1.82, 2.24) is 9.97 Å². The van der Waals surface area contributed by atoms with Crippen molar-refractivity contribution in [2.75, 3.05) is 6.61 Å². The zero-order chi connectivity index (χ0) is 10.1. The molecule has 1 aliphatic rings. The topological polar surface area (TPSA) is 35.0 Å². The molecule has 76 valence electrons. The van der Waals surface area contributed by atoms with E-state index >= 15 is 0 Å². The number of aromatic nitrogens is 2.